The van der Waals surface area contributed by atoms with Gasteiger partial charge >= 0.3 is 0 Å². The highest BCUT2D eigenvalue weighted by Gasteiger charge is 2.04. The van der Waals surface area contributed by atoms with E-state index < -0.39 is 0 Å². The highest BCUT2D eigenvalue weighted by Crippen LogP contribution is 2.11. The highest BCUT2D eigenvalue weighted by molar-refractivity contribution is 7.80. The summed E-state index contributed by atoms with van der Waals surface area (Å²) >= 11 is 4.18. The number of aliphatic hydroxyl groups excluding tert-OH is 1. The van der Waals surface area contributed by atoms with E-state index in [1.807, 2.05) is 0 Å². The van der Waals surface area contributed by atoms with E-state index in [2.05, 4.69) is 22.7 Å². The van der Waals surface area contributed by atoms with E-state index in [-0.39, 0.29) is 6.61 Å². The van der Waals surface area contributed by atoms with Gasteiger partial charge in [-0.1, -0.05) is 0 Å². The molecule has 0 radical (unpaired) electrons. The molecule has 1 N–H and O–H groups in total. The number of rotatable bonds is 1. The van der Waals surface area contributed by atoms with Gasteiger partial charge in [0, 0.05) is 11.8 Å². The Balaban J connectivity index is 2.80. The van der Waals surface area contributed by atoms with Crippen molar-refractivity contribution in [2.45, 2.75) is 11.6 Å². The second-order valence-electron chi connectivity index (χ2n) is 2.37. The summed E-state index contributed by atoms with van der Waals surface area (Å²) in [6, 6.07) is 1.74. The van der Waals surface area contributed by atoms with Crippen LogP contribution in [0.5, 0.6) is 0 Å². The lowest BCUT2D eigenvalue weighted by Crippen LogP contribution is -1.92. The molecule has 0 aromatic carbocycles. The van der Waals surface area contributed by atoms with Crippen molar-refractivity contribution in [1.82, 2.24) is 14.6 Å². The molecule has 2 aromatic rings. The zero-order valence-corrected chi connectivity index (χ0v) is 7.07. The van der Waals surface area contributed by atoms with E-state index >= 15 is 0 Å². The first-order valence-corrected chi connectivity index (χ1v) is 3.89. The average molecular weight is 181 g/mol. The van der Waals surface area contributed by atoms with Crippen LogP contribution in [-0.2, 0) is 6.61 Å². The number of aliphatic hydroxyl groups is 1. The van der Waals surface area contributed by atoms with Crippen LogP contribution in [0.25, 0.3) is 5.65 Å². The predicted molar refractivity (Wildman–Crippen MR) is 46.2 cm³/mol. The van der Waals surface area contributed by atoms with Crippen LogP contribution >= 0.6 is 12.6 Å². The fraction of sp³-hybridized carbons (Fsp3) is 0.143. The molecule has 0 bridgehead atoms. The van der Waals surface area contributed by atoms with Crippen molar-refractivity contribution in [3.63, 3.8) is 0 Å². The van der Waals surface area contributed by atoms with Crippen LogP contribution in [0.4, 0.5) is 0 Å². The van der Waals surface area contributed by atoms with Crippen LogP contribution in [0.3, 0.4) is 0 Å². The summed E-state index contributed by atoms with van der Waals surface area (Å²) in [5.74, 6) is 0. The molecule has 2 rings (SSSR count). The number of hydrogen-bond acceptors (Lipinski definition) is 4. The van der Waals surface area contributed by atoms with Crippen molar-refractivity contribution in [2.75, 3.05) is 0 Å². The van der Waals surface area contributed by atoms with Gasteiger partial charge < -0.3 is 5.11 Å². The second kappa shape index (κ2) is 2.76. The second-order valence-corrected chi connectivity index (χ2v) is 2.82. The Bertz CT molecular complexity index is 412. The normalized spacial score (nSPS) is 10.8. The van der Waals surface area contributed by atoms with Crippen molar-refractivity contribution < 1.29 is 5.11 Å². The molecule has 2 heterocycles. The van der Waals surface area contributed by atoms with Crippen molar-refractivity contribution in [2.24, 2.45) is 0 Å². The molecule has 0 spiro atoms. The summed E-state index contributed by atoms with van der Waals surface area (Å²) in [4.78, 5) is 4.06. The lowest BCUT2D eigenvalue weighted by Gasteiger charge is -1.95. The van der Waals surface area contributed by atoms with E-state index in [4.69, 9.17) is 5.11 Å². The SMILES string of the molecule is OCc1cnn2c(S)ccnc12. The van der Waals surface area contributed by atoms with Crippen molar-refractivity contribution in [1.29, 1.82) is 0 Å². The monoisotopic (exact) mass is 181 g/mol. The number of hydrogen-bond donors (Lipinski definition) is 2. The van der Waals surface area contributed by atoms with Crippen molar-refractivity contribution in [3.05, 3.63) is 24.0 Å². The molecule has 0 fully saturated rings. The van der Waals surface area contributed by atoms with Crippen molar-refractivity contribution in [3.8, 4) is 0 Å². The van der Waals surface area contributed by atoms with E-state index in [0.29, 0.717) is 16.2 Å². The van der Waals surface area contributed by atoms with Crippen LogP contribution in [0, 0.1) is 0 Å². The first kappa shape index (κ1) is 7.57. The molecule has 62 valence electrons. The van der Waals surface area contributed by atoms with Gasteiger partial charge in [-0.2, -0.15) is 5.10 Å². The maximum Gasteiger partial charge on any atom is 0.161 e. The molecule has 0 aliphatic heterocycles. The standard InChI is InChI=1S/C7H7N3OS/c11-4-5-3-9-10-6(12)1-2-8-7(5)10/h1-3,11-12H,4H2. The Morgan fingerprint density at radius 3 is 3.17 bits per heavy atom. The summed E-state index contributed by atoms with van der Waals surface area (Å²) in [6.07, 6.45) is 3.22. The van der Waals surface area contributed by atoms with Crippen LogP contribution in [0.2, 0.25) is 0 Å². The number of nitrogens with zero attached hydrogens (tertiary/aromatic N) is 3. The Morgan fingerprint density at radius 1 is 1.58 bits per heavy atom. The molecule has 4 nitrogen and oxygen atoms in total. The van der Waals surface area contributed by atoms with Crippen LogP contribution < -0.4 is 0 Å². The zero-order chi connectivity index (χ0) is 8.55. The van der Waals surface area contributed by atoms with E-state index in [1.54, 1.807) is 23.0 Å². The van der Waals surface area contributed by atoms with Gasteiger partial charge in [-0.25, -0.2) is 9.50 Å². The van der Waals surface area contributed by atoms with Gasteiger partial charge in [0.15, 0.2) is 5.65 Å². The molecule has 2 aromatic heterocycles. The smallest absolute Gasteiger partial charge is 0.161 e. The van der Waals surface area contributed by atoms with Gasteiger partial charge in [0.2, 0.25) is 0 Å². The fourth-order valence-corrected chi connectivity index (χ4v) is 1.25. The van der Waals surface area contributed by atoms with Gasteiger partial charge in [-0.05, 0) is 6.07 Å². The minimum atomic E-state index is -0.0479. The lowest BCUT2D eigenvalue weighted by atomic mass is 10.4. The van der Waals surface area contributed by atoms with Crippen molar-refractivity contribution >= 4 is 18.3 Å². The molecular weight excluding hydrogens is 174 g/mol. The first-order chi connectivity index (χ1) is 5.83. The Labute approximate surface area is 74.3 Å². The summed E-state index contributed by atoms with van der Waals surface area (Å²) in [5, 5.41) is 13.6. The number of aromatic nitrogens is 3. The maximum atomic E-state index is 8.90. The third-order valence-corrected chi connectivity index (χ3v) is 1.96. The van der Waals surface area contributed by atoms with Crippen LogP contribution in [0.15, 0.2) is 23.5 Å². The third-order valence-electron chi connectivity index (χ3n) is 1.62. The van der Waals surface area contributed by atoms with Crippen LogP contribution in [0.1, 0.15) is 5.56 Å². The van der Waals surface area contributed by atoms with Gasteiger partial charge in [0.25, 0.3) is 0 Å². The summed E-state index contributed by atoms with van der Waals surface area (Å²) in [5.41, 5.74) is 1.37. The molecule has 0 saturated heterocycles. The van der Waals surface area contributed by atoms with Gasteiger partial charge in [-0.15, -0.1) is 12.6 Å². The molecule has 0 unspecified atom stereocenters. The summed E-state index contributed by atoms with van der Waals surface area (Å²) in [7, 11) is 0. The van der Waals surface area contributed by atoms with Gasteiger partial charge in [0.1, 0.15) is 0 Å². The summed E-state index contributed by atoms with van der Waals surface area (Å²) < 4.78 is 1.58. The minimum Gasteiger partial charge on any atom is -0.391 e. The first-order valence-electron chi connectivity index (χ1n) is 3.44. The van der Waals surface area contributed by atoms with E-state index in [9.17, 15) is 0 Å². The molecular formula is C7H7N3OS. The maximum absolute atomic E-state index is 8.90. The largest absolute Gasteiger partial charge is 0.391 e. The molecule has 0 aliphatic carbocycles. The molecule has 0 atom stereocenters. The quantitative estimate of drug-likeness (QED) is 0.498. The van der Waals surface area contributed by atoms with Crippen LogP contribution in [-0.4, -0.2) is 19.7 Å². The predicted octanol–water partition coefficient (Wildman–Crippen LogP) is 0.510. The lowest BCUT2D eigenvalue weighted by molar-refractivity contribution is 0.283. The van der Waals surface area contributed by atoms with Gasteiger partial charge in [0.05, 0.1) is 17.8 Å². The minimum absolute atomic E-state index is 0.0479. The fourth-order valence-electron chi connectivity index (χ4n) is 1.04. The van der Waals surface area contributed by atoms with Gasteiger partial charge in [-0.3, -0.25) is 0 Å². The molecule has 0 aliphatic rings. The Hall–Kier alpha value is -1.07. The summed E-state index contributed by atoms with van der Waals surface area (Å²) in [6.45, 7) is -0.0479. The zero-order valence-electron chi connectivity index (χ0n) is 6.18. The van der Waals surface area contributed by atoms with E-state index in [0.717, 1.165) is 0 Å². The van der Waals surface area contributed by atoms with E-state index in [1.165, 1.54) is 0 Å². The number of fused-ring (bicyclic) bond motifs is 1. The number of thiol groups is 1. The molecule has 0 saturated carbocycles. The Morgan fingerprint density at radius 2 is 2.42 bits per heavy atom. The third kappa shape index (κ3) is 0.981. The molecule has 12 heavy (non-hydrogen) atoms. The molecule has 5 heteroatoms. The highest BCUT2D eigenvalue weighted by atomic mass is 32.1. The topological polar surface area (TPSA) is 50.4 Å². The average Bonchev–Trinajstić information content (AvgIpc) is 2.49. The Kier molecular flexibility index (Phi) is 1.74. The molecule has 0 amide bonds.